The zero-order valence-electron chi connectivity index (χ0n) is 12.4. The van der Waals surface area contributed by atoms with Crippen LogP contribution in [0, 0.1) is 6.92 Å². The predicted octanol–water partition coefficient (Wildman–Crippen LogP) is 3.74. The van der Waals surface area contributed by atoms with Gasteiger partial charge in [-0.3, -0.25) is 4.79 Å². The minimum Gasteiger partial charge on any atom is -0.508 e. The number of H-pyrrole nitrogens is 1. The van der Waals surface area contributed by atoms with Crippen molar-refractivity contribution in [3.05, 3.63) is 59.5 Å². The molecule has 5 nitrogen and oxygen atoms in total. The maximum absolute atomic E-state index is 12.8. The van der Waals surface area contributed by atoms with Crippen LogP contribution in [0.5, 0.6) is 5.75 Å². The number of nitrogens with one attached hydrogen (secondary N) is 1. The van der Waals surface area contributed by atoms with Gasteiger partial charge in [0.2, 0.25) is 5.78 Å². The van der Waals surface area contributed by atoms with Crippen LogP contribution in [-0.4, -0.2) is 15.9 Å². The Bertz CT molecular complexity index is 1070. The number of ketones is 1. The molecule has 23 heavy (non-hydrogen) atoms. The van der Waals surface area contributed by atoms with Gasteiger partial charge in [0.15, 0.2) is 5.76 Å². The van der Waals surface area contributed by atoms with E-state index in [1.54, 1.807) is 42.5 Å². The van der Waals surface area contributed by atoms with E-state index in [2.05, 4.69) is 4.98 Å². The highest BCUT2D eigenvalue weighted by molar-refractivity contribution is 6.11. The van der Waals surface area contributed by atoms with Crippen molar-refractivity contribution in [2.45, 2.75) is 6.92 Å². The number of carbonyl (C=O) groups is 1. The van der Waals surface area contributed by atoms with E-state index in [0.29, 0.717) is 22.7 Å². The summed E-state index contributed by atoms with van der Waals surface area (Å²) in [5, 5.41) is 11.1. The van der Waals surface area contributed by atoms with Crippen LogP contribution in [0.3, 0.4) is 0 Å². The summed E-state index contributed by atoms with van der Waals surface area (Å²) in [7, 11) is 0. The smallest absolute Gasteiger partial charge is 0.244 e. The van der Waals surface area contributed by atoms with Crippen LogP contribution in [0.2, 0.25) is 0 Å². The molecule has 0 amide bonds. The molecule has 0 radical (unpaired) electrons. The normalized spacial score (nSPS) is 11.3. The third kappa shape index (κ3) is 2.05. The number of phenolic OH excluding ortho intramolecular Hbond substituents is 1. The summed E-state index contributed by atoms with van der Waals surface area (Å²) >= 11 is 0. The lowest BCUT2D eigenvalue weighted by Crippen LogP contribution is -2.01. The number of aromatic nitrogens is 1. The molecule has 0 saturated heterocycles. The lowest BCUT2D eigenvalue weighted by molar-refractivity contribution is 0.101. The summed E-state index contributed by atoms with van der Waals surface area (Å²) in [5.74, 6) is 0.222. The largest absolute Gasteiger partial charge is 0.508 e. The highest BCUT2D eigenvalue weighted by Gasteiger charge is 2.21. The van der Waals surface area contributed by atoms with E-state index in [1.807, 2.05) is 6.92 Å². The first-order valence-corrected chi connectivity index (χ1v) is 7.18. The number of hydrogen-bond donors (Lipinski definition) is 3. The standard InChI is InChI=1S/C18H14N2O3/c1-9-13-8-11(19)2-5-16(13)23-18(9)17(22)15-7-10-6-12(21)3-4-14(10)20-15/h2-8,20-21H,19H2,1H3. The highest BCUT2D eigenvalue weighted by Crippen LogP contribution is 2.29. The van der Waals surface area contributed by atoms with Gasteiger partial charge in [-0.1, -0.05) is 0 Å². The molecule has 5 heteroatoms. The lowest BCUT2D eigenvalue weighted by Gasteiger charge is -1.95. The third-order valence-electron chi connectivity index (χ3n) is 4.02. The fraction of sp³-hybridized carbons (Fsp3) is 0.0556. The highest BCUT2D eigenvalue weighted by atomic mass is 16.3. The number of aromatic hydroxyl groups is 1. The second-order valence-electron chi connectivity index (χ2n) is 5.60. The van der Waals surface area contributed by atoms with E-state index in [-0.39, 0.29) is 11.5 Å². The Morgan fingerprint density at radius 1 is 1.17 bits per heavy atom. The molecule has 2 aromatic carbocycles. The summed E-state index contributed by atoms with van der Waals surface area (Å²) in [5.41, 5.74) is 9.02. The van der Waals surface area contributed by atoms with Crippen LogP contribution >= 0.6 is 0 Å². The van der Waals surface area contributed by atoms with Crippen molar-refractivity contribution in [1.82, 2.24) is 4.98 Å². The maximum Gasteiger partial charge on any atom is 0.244 e. The number of phenols is 1. The molecule has 4 aromatic rings. The Balaban J connectivity index is 1.85. The number of aryl methyl sites for hydroxylation is 1. The van der Waals surface area contributed by atoms with Gasteiger partial charge in [-0.15, -0.1) is 0 Å². The van der Waals surface area contributed by atoms with E-state index in [4.69, 9.17) is 10.2 Å². The van der Waals surface area contributed by atoms with E-state index >= 15 is 0 Å². The topological polar surface area (TPSA) is 92.2 Å². The molecular formula is C18H14N2O3. The fourth-order valence-corrected chi connectivity index (χ4v) is 2.82. The molecule has 0 saturated carbocycles. The summed E-state index contributed by atoms with van der Waals surface area (Å²) < 4.78 is 5.72. The van der Waals surface area contributed by atoms with Crippen LogP contribution in [0.25, 0.3) is 21.9 Å². The Kier molecular flexibility index (Phi) is 2.72. The van der Waals surface area contributed by atoms with Gasteiger partial charge in [0.1, 0.15) is 11.3 Å². The van der Waals surface area contributed by atoms with Crippen LogP contribution in [0.4, 0.5) is 5.69 Å². The molecule has 4 N–H and O–H groups in total. The second kappa shape index (κ2) is 4.64. The molecule has 4 rings (SSSR count). The number of furan rings is 1. The zero-order valence-corrected chi connectivity index (χ0v) is 12.4. The summed E-state index contributed by atoms with van der Waals surface area (Å²) in [4.78, 5) is 15.8. The Labute approximate surface area is 131 Å². The van der Waals surface area contributed by atoms with Gasteiger partial charge in [-0.2, -0.15) is 0 Å². The van der Waals surface area contributed by atoms with Crippen molar-refractivity contribution in [3.63, 3.8) is 0 Å². The molecule has 0 aliphatic rings. The van der Waals surface area contributed by atoms with E-state index < -0.39 is 0 Å². The van der Waals surface area contributed by atoms with Crippen molar-refractivity contribution in [1.29, 1.82) is 0 Å². The molecule has 2 aromatic heterocycles. The van der Waals surface area contributed by atoms with Crippen LogP contribution in [0.15, 0.2) is 46.9 Å². The number of nitrogens with two attached hydrogens (primary N) is 1. The van der Waals surface area contributed by atoms with Gasteiger partial charge in [-0.05, 0) is 49.4 Å². The molecule has 0 atom stereocenters. The first-order valence-electron chi connectivity index (χ1n) is 7.18. The molecule has 0 aliphatic heterocycles. The molecule has 0 fully saturated rings. The Morgan fingerprint density at radius 2 is 2.00 bits per heavy atom. The van der Waals surface area contributed by atoms with Crippen molar-refractivity contribution in [2.24, 2.45) is 0 Å². The number of carbonyl (C=O) groups excluding carboxylic acids is 1. The quantitative estimate of drug-likeness (QED) is 0.388. The van der Waals surface area contributed by atoms with Crippen molar-refractivity contribution in [2.75, 3.05) is 5.73 Å². The van der Waals surface area contributed by atoms with Crippen LogP contribution < -0.4 is 5.73 Å². The van der Waals surface area contributed by atoms with Crippen molar-refractivity contribution >= 4 is 33.3 Å². The summed E-state index contributed by atoms with van der Waals surface area (Å²) in [6.45, 7) is 1.84. The minimum atomic E-state index is -0.229. The summed E-state index contributed by atoms with van der Waals surface area (Å²) in [6, 6.07) is 11.9. The average Bonchev–Trinajstić information content (AvgIpc) is 3.08. The monoisotopic (exact) mass is 306 g/mol. The predicted molar refractivity (Wildman–Crippen MR) is 88.8 cm³/mol. The van der Waals surface area contributed by atoms with Crippen molar-refractivity contribution < 1.29 is 14.3 Å². The maximum atomic E-state index is 12.8. The Morgan fingerprint density at radius 3 is 2.83 bits per heavy atom. The zero-order chi connectivity index (χ0) is 16.1. The van der Waals surface area contributed by atoms with Gasteiger partial charge in [-0.25, -0.2) is 0 Å². The number of benzene rings is 2. The number of rotatable bonds is 2. The molecule has 0 aliphatic carbocycles. The SMILES string of the molecule is Cc1c(C(=O)c2cc3cc(O)ccc3[nH]2)oc2ccc(N)cc12. The molecule has 0 spiro atoms. The van der Waals surface area contributed by atoms with Gasteiger partial charge in [0, 0.05) is 27.5 Å². The molecule has 2 heterocycles. The van der Waals surface area contributed by atoms with Crippen LogP contribution in [0.1, 0.15) is 21.8 Å². The van der Waals surface area contributed by atoms with Gasteiger partial charge < -0.3 is 20.2 Å². The summed E-state index contributed by atoms with van der Waals surface area (Å²) in [6.07, 6.45) is 0. The first kappa shape index (κ1) is 13.5. The first-order chi connectivity index (χ1) is 11.0. The molecular weight excluding hydrogens is 292 g/mol. The van der Waals surface area contributed by atoms with Crippen LogP contribution in [-0.2, 0) is 0 Å². The fourth-order valence-electron chi connectivity index (χ4n) is 2.82. The number of nitrogen functional groups attached to an aromatic ring is 1. The van der Waals surface area contributed by atoms with E-state index in [1.165, 1.54) is 0 Å². The molecule has 114 valence electrons. The van der Waals surface area contributed by atoms with E-state index in [9.17, 15) is 9.90 Å². The number of anilines is 1. The molecule has 0 bridgehead atoms. The van der Waals surface area contributed by atoms with Gasteiger partial charge in [0.25, 0.3) is 0 Å². The minimum absolute atomic E-state index is 0.158. The van der Waals surface area contributed by atoms with Crippen molar-refractivity contribution in [3.8, 4) is 5.75 Å². The van der Waals surface area contributed by atoms with Gasteiger partial charge in [0.05, 0.1) is 5.69 Å². The number of hydrogen-bond acceptors (Lipinski definition) is 4. The second-order valence-corrected chi connectivity index (χ2v) is 5.60. The van der Waals surface area contributed by atoms with E-state index in [0.717, 1.165) is 21.9 Å². The van der Waals surface area contributed by atoms with Gasteiger partial charge >= 0.3 is 0 Å². The number of aromatic amines is 1. The Hall–Kier alpha value is -3.21. The lowest BCUT2D eigenvalue weighted by atomic mass is 10.1. The average molecular weight is 306 g/mol. The molecule has 0 unspecified atom stereocenters. The third-order valence-corrected chi connectivity index (χ3v) is 4.02. The number of fused-ring (bicyclic) bond motifs is 2.